The maximum absolute atomic E-state index is 12.6. The maximum atomic E-state index is 12.6. The number of urea groups is 1. The summed E-state index contributed by atoms with van der Waals surface area (Å²) in [5, 5.41) is 5.46. The molecule has 1 aliphatic heterocycles. The number of rotatable bonds is 6. The first kappa shape index (κ1) is 22.5. The Labute approximate surface area is 180 Å². The van der Waals surface area contributed by atoms with Gasteiger partial charge in [-0.3, -0.25) is 4.79 Å². The summed E-state index contributed by atoms with van der Waals surface area (Å²) in [5.41, 5.74) is 1.76. The predicted molar refractivity (Wildman–Crippen MR) is 114 cm³/mol. The first-order chi connectivity index (χ1) is 14.8. The van der Waals surface area contributed by atoms with Crippen molar-refractivity contribution in [2.75, 3.05) is 18.4 Å². The van der Waals surface area contributed by atoms with Crippen LogP contribution in [-0.2, 0) is 0 Å². The summed E-state index contributed by atoms with van der Waals surface area (Å²) in [6.07, 6.45) is 2.03. The Morgan fingerprint density at radius 1 is 1.10 bits per heavy atom. The number of alkyl halides is 2. The van der Waals surface area contributed by atoms with Crippen molar-refractivity contribution >= 4 is 17.6 Å². The topological polar surface area (TPSA) is 70.7 Å². The molecule has 0 aliphatic carbocycles. The summed E-state index contributed by atoms with van der Waals surface area (Å²) < 4.78 is 29.2. The molecule has 166 valence electrons. The number of carbonyl (C=O) groups is 2. The van der Waals surface area contributed by atoms with Gasteiger partial charge in [0.1, 0.15) is 5.75 Å². The average molecular weight is 431 g/mol. The second-order valence-corrected chi connectivity index (χ2v) is 7.82. The molecular formula is C23H27F2N3O3. The Bertz CT molecular complexity index is 897. The van der Waals surface area contributed by atoms with Crippen LogP contribution in [0.1, 0.15) is 48.7 Å². The molecule has 0 radical (unpaired) electrons. The highest BCUT2D eigenvalue weighted by Crippen LogP contribution is 2.21. The van der Waals surface area contributed by atoms with Crippen molar-refractivity contribution in [2.45, 2.75) is 39.3 Å². The molecule has 2 N–H and O–H groups in total. The molecule has 2 aromatic carbocycles. The van der Waals surface area contributed by atoms with Crippen molar-refractivity contribution < 1.29 is 23.1 Å². The molecule has 1 aliphatic rings. The smallest absolute Gasteiger partial charge is 0.387 e. The maximum Gasteiger partial charge on any atom is 0.387 e. The lowest BCUT2D eigenvalue weighted by atomic mass is 9.98. The zero-order valence-corrected chi connectivity index (χ0v) is 17.6. The number of nitrogens with one attached hydrogen (secondary N) is 2. The molecular weight excluding hydrogens is 404 g/mol. The summed E-state index contributed by atoms with van der Waals surface area (Å²) in [6, 6.07) is 12.1. The van der Waals surface area contributed by atoms with Gasteiger partial charge in [0.25, 0.3) is 5.91 Å². The fourth-order valence-corrected chi connectivity index (χ4v) is 3.50. The van der Waals surface area contributed by atoms with Crippen LogP contribution in [0.2, 0.25) is 0 Å². The van der Waals surface area contributed by atoms with Crippen molar-refractivity contribution in [2.24, 2.45) is 5.92 Å². The zero-order chi connectivity index (χ0) is 22.4. The van der Waals surface area contributed by atoms with Crippen LogP contribution in [0.4, 0.5) is 19.3 Å². The van der Waals surface area contributed by atoms with Crippen LogP contribution in [0.25, 0.3) is 0 Å². The summed E-state index contributed by atoms with van der Waals surface area (Å²) in [7, 11) is 0. The zero-order valence-electron chi connectivity index (χ0n) is 17.6. The minimum Gasteiger partial charge on any atom is -0.435 e. The number of amides is 3. The lowest BCUT2D eigenvalue weighted by Crippen LogP contribution is -2.37. The van der Waals surface area contributed by atoms with Gasteiger partial charge in [-0.2, -0.15) is 8.78 Å². The van der Waals surface area contributed by atoms with E-state index in [1.54, 1.807) is 43.3 Å². The van der Waals surface area contributed by atoms with Crippen LogP contribution in [0.3, 0.4) is 0 Å². The number of hydrogen-bond donors (Lipinski definition) is 2. The highest BCUT2D eigenvalue weighted by molar-refractivity contribution is 5.95. The second kappa shape index (κ2) is 10.2. The van der Waals surface area contributed by atoms with Crippen LogP contribution in [0.5, 0.6) is 5.75 Å². The van der Waals surface area contributed by atoms with Crippen LogP contribution in [0.15, 0.2) is 48.5 Å². The van der Waals surface area contributed by atoms with Gasteiger partial charge in [0.15, 0.2) is 0 Å². The second-order valence-electron chi connectivity index (χ2n) is 7.82. The lowest BCUT2D eigenvalue weighted by Gasteiger charge is -2.30. The van der Waals surface area contributed by atoms with Crippen molar-refractivity contribution in [1.29, 1.82) is 0 Å². The van der Waals surface area contributed by atoms with E-state index in [0.29, 0.717) is 22.7 Å². The Morgan fingerprint density at radius 3 is 2.42 bits per heavy atom. The number of carbonyl (C=O) groups excluding carboxylic acids is 2. The van der Waals surface area contributed by atoms with Crippen molar-refractivity contribution in [3.05, 3.63) is 59.7 Å². The number of hydrogen-bond acceptors (Lipinski definition) is 3. The van der Waals surface area contributed by atoms with Gasteiger partial charge in [-0.1, -0.05) is 19.1 Å². The van der Waals surface area contributed by atoms with E-state index >= 15 is 0 Å². The molecule has 1 heterocycles. The van der Waals surface area contributed by atoms with E-state index in [-0.39, 0.29) is 11.7 Å². The third-order valence-electron chi connectivity index (χ3n) is 5.39. The average Bonchev–Trinajstić information content (AvgIpc) is 2.74. The van der Waals surface area contributed by atoms with E-state index in [0.717, 1.165) is 25.9 Å². The molecule has 31 heavy (non-hydrogen) atoms. The minimum atomic E-state index is -2.91. The highest BCUT2D eigenvalue weighted by atomic mass is 19.3. The molecule has 3 rings (SSSR count). The van der Waals surface area contributed by atoms with Gasteiger partial charge in [0, 0.05) is 24.3 Å². The summed E-state index contributed by atoms with van der Waals surface area (Å²) in [4.78, 5) is 26.8. The molecule has 6 nitrogen and oxygen atoms in total. The van der Waals surface area contributed by atoms with Gasteiger partial charge < -0.3 is 20.3 Å². The highest BCUT2D eigenvalue weighted by Gasteiger charge is 2.21. The van der Waals surface area contributed by atoms with E-state index in [1.165, 1.54) is 12.1 Å². The van der Waals surface area contributed by atoms with Gasteiger partial charge in [0.05, 0.1) is 6.04 Å². The van der Waals surface area contributed by atoms with Crippen LogP contribution >= 0.6 is 0 Å². The van der Waals surface area contributed by atoms with Gasteiger partial charge in [-0.25, -0.2) is 4.79 Å². The Morgan fingerprint density at radius 2 is 1.77 bits per heavy atom. The Balaban J connectivity index is 1.54. The number of halogens is 2. The van der Waals surface area contributed by atoms with Crippen LogP contribution in [-0.4, -0.2) is 36.5 Å². The molecule has 1 atom stereocenters. The summed E-state index contributed by atoms with van der Waals surface area (Å²) in [5.74, 6) is 0.684. The molecule has 0 bridgehead atoms. The van der Waals surface area contributed by atoms with E-state index in [1.807, 2.05) is 4.90 Å². The van der Waals surface area contributed by atoms with Gasteiger partial charge in [0.2, 0.25) is 0 Å². The van der Waals surface area contributed by atoms with E-state index < -0.39 is 18.7 Å². The lowest BCUT2D eigenvalue weighted by molar-refractivity contribution is -0.0499. The van der Waals surface area contributed by atoms with Gasteiger partial charge in [-0.05, 0) is 67.6 Å². The van der Waals surface area contributed by atoms with Crippen molar-refractivity contribution in [1.82, 2.24) is 10.2 Å². The first-order valence-corrected chi connectivity index (χ1v) is 10.3. The number of benzene rings is 2. The quantitative estimate of drug-likeness (QED) is 0.673. The Kier molecular flexibility index (Phi) is 7.44. The standard InChI is InChI=1S/C23H27F2N3O3/c1-15-10-12-28(13-11-15)21(29)17-6-8-19(9-7-17)27-23(30)26-16(2)18-4-3-5-20(14-18)31-22(24)25/h3-9,14-16,22H,10-13H2,1-2H3,(H2,26,27,30). The predicted octanol–water partition coefficient (Wildman–Crippen LogP) is 5.04. The number of piperidine rings is 1. The van der Waals surface area contributed by atoms with Gasteiger partial charge >= 0.3 is 12.6 Å². The van der Waals surface area contributed by atoms with Crippen molar-refractivity contribution in [3.8, 4) is 5.75 Å². The fourth-order valence-electron chi connectivity index (χ4n) is 3.50. The largest absolute Gasteiger partial charge is 0.435 e. The van der Waals surface area contributed by atoms with E-state index in [4.69, 9.17) is 0 Å². The van der Waals surface area contributed by atoms with Gasteiger partial charge in [-0.15, -0.1) is 0 Å². The number of ether oxygens (including phenoxy) is 1. The SMILES string of the molecule is CC1CCN(C(=O)c2ccc(NC(=O)NC(C)c3cccc(OC(F)F)c3)cc2)CC1. The molecule has 1 fully saturated rings. The molecule has 2 aromatic rings. The number of nitrogens with zero attached hydrogens (tertiary/aromatic N) is 1. The van der Waals surface area contributed by atoms with E-state index in [2.05, 4.69) is 22.3 Å². The summed E-state index contributed by atoms with van der Waals surface area (Å²) in [6.45, 7) is 2.56. The monoisotopic (exact) mass is 431 g/mol. The normalized spacial score (nSPS) is 15.5. The molecule has 3 amide bonds. The minimum absolute atomic E-state index is 0.00224. The first-order valence-electron chi connectivity index (χ1n) is 10.3. The van der Waals surface area contributed by atoms with Crippen LogP contribution in [0, 0.1) is 5.92 Å². The molecule has 0 spiro atoms. The molecule has 1 saturated heterocycles. The third kappa shape index (κ3) is 6.41. The van der Waals surface area contributed by atoms with Crippen molar-refractivity contribution in [3.63, 3.8) is 0 Å². The molecule has 0 aromatic heterocycles. The number of likely N-dealkylation sites (tertiary alicyclic amines) is 1. The van der Waals surface area contributed by atoms with E-state index in [9.17, 15) is 18.4 Å². The molecule has 8 heteroatoms. The number of anilines is 1. The third-order valence-corrected chi connectivity index (χ3v) is 5.39. The van der Waals surface area contributed by atoms with Crippen LogP contribution < -0.4 is 15.4 Å². The molecule has 1 unspecified atom stereocenters. The summed E-state index contributed by atoms with van der Waals surface area (Å²) >= 11 is 0. The Hall–Kier alpha value is -3.16. The molecule has 0 saturated carbocycles. The fraction of sp³-hybridized carbons (Fsp3) is 0.391.